The van der Waals surface area contributed by atoms with Gasteiger partial charge in [-0.05, 0) is 73.5 Å². The van der Waals surface area contributed by atoms with Gasteiger partial charge in [0.15, 0.2) is 0 Å². The van der Waals surface area contributed by atoms with Gasteiger partial charge < -0.3 is 20.1 Å². The number of para-hydroxylation sites is 1. The van der Waals surface area contributed by atoms with Crippen molar-refractivity contribution in [3.05, 3.63) is 84.2 Å². The third-order valence-electron chi connectivity index (χ3n) is 6.01. The lowest BCUT2D eigenvalue weighted by Gasteiger charge is -2.24. The molecule has 1 atom stereocenters. The van der Waals surface area contributed by atoms with Crippen LogP contribution in [0.15, 0.2) is 77.7 Å². The topological polar surface area (TPSA) is 114 Å². The molecule has 4 rings (SSSR count). The SMILES string of the molecule is COc1ccc(S(=O)(=O)N(CC(=O)Nc2ccccc2C(=O)NC[C@@H]2CCCO2)c2ccc(F)cc2)cc1. The van der Waals surface area contributed by atoms with Gasteiger partial charge in [-0.1, -0.05) is 12.1 Å². The summed E-state index contributed by atoms with van der Waals surface area (Å²) in [7, 11) is -2.76. The molecule has 2 amide bonds. The van der Waals surface area contributed by atoms with Crippen molar-refractivity contribution in [1.82, 2.24) is 5.32 Å². The van der Waals surface area contributed by atoms with E-state index in [4.69, 9.17) is 9.47 Å². The van der Waals surface area contributed by atoms with E-state index in [1.54, 1.807) is 24.3 Å². The van der Waals surface area contributed by atoms with Crippen molar-refractivity contribution in [2.24, 2.45) is 0 Å². The number of methoxy groups -OCH3 is 1. The van der Waals surface area contributed by atoms with E-state index in [1.807, 2.05) is 0 Å². The molecule has 200 valence electrons. The first-order valence-corrected chi connectivity index (χ1v) is 13.4. The highest BCUT2D eigenvalue weighted by Crippen LogP contribution is 2.26. The van der Waals surface area contributed by atoms with Crippen LogP contribution in [-0.4, -0.2) is 53.1 Å². The zero-order valence-electron chi connectivity index (χ0n) is 20.7. The second kappa shape index (κ2) is 12.1. The fourth-order valence-corrected chi connectivity index (χ4v) is 5.44. The summed E-state index contributed by atoms with van der Waals surface area (Å²) in [6, 6.07) is 16.9. The number of anilines is 2. The van der Waals surface area contributed by atoms with Crippen molar-refractivity contribution >= 4 is 33.2 Å². The molecule has 0 radical (unpaired) electrons. The zero-order chi connectivity index (χ0) is 27.1. The van der Waals surface area contributed by atoms with Crippen LogP contribution < -0.4 is 19.7 Å². The quantitative estimate of drug-likeness (QED) is 0.406. The lowest BCUT2D eigenvalue weighted by atomic mass is 10.1. The van der Waals surface area contributed by atoms with Crippen molar-refractivity contribution in [2.45, 2.75) is 23.8 Å². The number of nitrogens with zero attached hydrogens (tertiary/aromatic N) is 1. The molecular weight excluding hydrogens is 513 g/mol. The standard InChI is InChI=1S/C27H28FN3O6S/c1-36-21-12-14-23(15-13-21)38(34,35)31(20-10-8-19(28)9-11-20)18-26(32)30-25-7-3-2-6-24(25)27(33)29-17-22-5-4-16-37-22/h2-3,6-15,22H,4-5,16-18H2,1H3,(H,29,33)(H,30,32)/t22-/m0/s1. The molecule has 0 spiro atoms. The van der Waals surface area contributed by atoms with E-state index in [-0.39, 0.29) is 27.9 Å². The molecule has 11 heteroatoms. The number of hydrogen-bond acceptors (Lipinski definition) is 6. The largest absolute Gasteiger partial charge is 0.497 e. The predicted molar refractivity (Wildman–Crippen MR) is 140 cm³/mol. The van der Waals surface area contributed by atoms with Crippen LogP contribution in [0.3, 0.4) is 0 Å². The summed E-state index contributed by atoms with van der Waals surface area (Å²) < 4.78 is 52.1. The normalized spacial score (nSPS) is 15.1. The van der Waals surface area contributed by atoms with Crippen LogP contribution >= 0.6 is 0 Å². The van der Waals surface area contributed by atoms with Crippen LogP contribution in [0.4, 0.5) is 15.8 Å². The third kappa shape index (κ3) is 6.48. The highest BCUT2D eigenvalue weighted by atomic mass is 32.2. The van der Waals surface area contributed by atoms with Gasteiger partial charge in [-0.15, -0.1) is 0 Å². The van der Waals surface area contributed by atoms with Crippen molar-refractivity contribution < 1.29 is 31.9 Å². The van der Waals surface area contributed by atoms with Gasteiger partial charge in [0.05, 0.1) is 35.0 Å². The number of carbonyl (C=O) groups excluding carboxylic acids is 2. The summed E-state index contributed by atoms with van der Waals surface area (Å²) in [4.78, 5) is 25.8. The van der Waals surface area contributed by atoms with Crippen LogP contribution in [0.2, 0.25) is 0 Å². The molecule has 3 aromatic rings. The minimum absolute atomic E-state index is 0.0480. The molecule has 1 heterocycles. The Hall–Kier alpha value is -3.96. The van der Waals surface area contributed by atoms with Crippen LogP contribution in [0.25, 0.3) is 0 Å². The summed E-state index contributed by atoms with van der Waals surface area (Å²) in [5.74, 6) is -1.17. The van der Waals surface area contributed by atoms with E-state index in [1.165, 1.54) is 43.5 Å². The van der Waals surface area contributed by atoms with Gasteiger partial charge in [-0.25, -0.2) is 12.8 Å². The predicted octanol–water partition coefficient (Wildman–Crippen LogP) is 3.58. The molecule has 2 N–H and O–H groups in total. The van der Waals surface area contributed by atoms with Crippen LogP contribution in [-0.2, 0) is 19.6 Å². The number of halogens is 1. The second-order valence-corrected chi connectivity index (χ2v) is 10.5. The maximum atomic E-state index is 13.6. The first kappa shape index (κ1) is 27.1. The Morgan fingerprint density at radius 1 is 1.05 bits per heavy atom. The van der Waals surface area contributed by atoms with Gasteiger partial charge in [0.2, 0.25) is 5.91 Å². The highest BCUT2D eigenvalue weighted by molar-refractivity contribution is 7.92. The number of amides is 2. The number of nitrogens with one attached hydrogen (secondary N) is 2. The average molecular weight is 542 g/mol. The summed E-state index contributed by atoms with van der Waals surface area (Å²) in [5, 5.41) is 5.46. The maximum absolute atomic E-state index is 13.6. The molecule has 0 unspecified atom stereocenters. The number of carbonyl (C=O) groups is 2. The van der Waals surface area contributed by atoms with Crippen molar-refractivity contribution in [3.8, 4) is 5.75 Å². The molecule has 1 aliphatic rings. The van der Waals surface area contributed by atoms with Gasteiger partial charge in [-0.3, -0.25) is 13.9 Å². The number of ether oxygens (including phenoxy) is 2. The fourth-order valence-electron chi connectivity index (χ4n) is 4.01. The molecule has 0 saturated carbocycles. The Labute approximate surface area is 220 Å². The van der Waals surface area contributed by atoms with Crippen molar-refractivity contribution in [2.75, 3.05) is 36.4 Å². The van der Waals surface area contributed by atoms with Crippen molar-refractivity contribution in [3.63, 3.8) is 0 Å². The maximum Gasteiger partial charge on any atom is 0.264 e. The monoisotopic (exact) mass is 541 g/mol. The Morgan fingerprint density at radius 2 is 1.76 bits per heavy atom. The lowest BCUT2D eigenvalue weighted by molar-refractivity contribution is -0.114. The summed E-state index contributed by atoms with van der Waals surface area (Å²) in [6.07, 6.45) is 1.76. The van der Waals surface area contributed by atoms with E-state index >= 15 is 0 Å². The second-order valence-electron chi connectivity index (χ2n) is 8.60. The first-order chi connectivity index (χ1) is 18.3. The zero-order valence-corrected chi connectivity index (χ0v) is 21.5. The molecule has 3 aromatic carbocycles. The molecule has 38 heavy (non-hydrogen) atoms. The Kier molecular flexibility index (Phi) is 8.59. The van der Waals surface area contributed by atoms with Gasteiger partial charge in [0.25, 0.3) is 15.9 Å². The minimum atomic E-state index is -4.22. The van der Waals surface area contributed by atoms with Crippen LogP contribution in [0.1, 0.15) is 23.2 Å². The van der Waals surface area contributed by atoms with E-state index in [0.29, 0.717) is 18.9 Å². The van der Waals surface area contributed by atoms with E-state index < -0.39 is 34.2 Å². The highest BCUT2D eigenvalue weighted by Gasteiger charge is 2.28. The smallest absolute Gasteiger partial charge is 0.264 e. The number of benzene rings is 3. The Morgan fingerprint density at radius 3 is 2.42 bits per heavy atom. The number of sulfonamides is 1. The lowest BCUT2D eigenvalue weighted by Crippen LogP contribution is -2.38. The molecule has 0 aromatic heterocycles. The Balaban J connectivity index is 1.55. The van der Waals surface area contributed by atoms with E-state index in [0.717, 1.165) is 29.3 Å². The fraction of sp³-hybridized carbons (Fsp3) is 0.259. The van der Waals surface area contributed by atoms with E-state index in [2.05, 4.69) is 10.6 Å². The molecular formula is C27H28FN3O6S. The van der Waals surface area contributed by atoms with Crippen LogP contribution in [0, 0.1) is 5.82 Å². The first-order valence-electron chi connectivity index (χ1n) is 12.0. The molecule has 0 aliphatic carbocycles. The summed E-state index contributed by atoms with van der Waals surface area (Å²) in [6.45, 7) is 0.391. The number of hydrogen-bond donors (Lipinski definition) is 2. The molecule has 1 fully saturated rings. The van der Waals surface area contributed by atoms with Crippen molar-refractivity contribution in [1.29, 1.82) is 0 Å². The van der Waals surface area contributed by atoms with Gasteiger partial charge in [-0.2, -0.15) is 0 Å². The minimum Gasteiger partial charge on any atom is -0.497 e. The molecule has 9 nitrogen and oxygen atoms in total. The van der Waals surface area contributed by atoms with Gasteiger partial charge in [0, 0.05) is 13.2 Å². The van der Waals surface area contributed by atoms with E-state index in [9.17, 15) is 22.4 Å². The number of rotatable bonds is 10. The van der Waals surface area contributed by atoms with Gasteiger partial charge in [0.1, 0.15) is 18.1 Å². The Bertz CT molecular complexity index is 1370. The third-order valence-corrected chi connectivity index (χ3v) is 7.80. The summed E-state index contributed by atoms with van der Waals surface area (Å²) in [5.41, 5.74) is 0.549. The van der Waals surface area contributed by atoms with Gasteiger partial charge >= 0.3 is 0 Å². The molecule has 1 aliphatic heterocycles. The molecule has 0 bridgehead atoms. The van der Waals surface area contributed by atoms with Crippen LogP contribution in [0.5, 0.6) is 5.75 Å². The molecule has 1 saturated heterocycles. The summed E-state index contributed by atoms with van der Waals surface area (Å²) >= 11 is 0. The average Bonchev–Trinajstić information content (AvgIpc) is 3.45.